The van der Waals surface area contributed by atoms with E-state index in [9.17, 15) is 4.39 Å². The van der Waals surface area contributed by atoms with Gasteiger partial charge in [-0.25, -0.2) is 0 Å². The average Bonchev–Trinajstić information content (AvgIpc) is 2.48. The number of aromatic nitrogens is 1. The van der Waals surface area contributed by atoms with Crippen LogP contribution in [0.2, 0.25) is 13.3 Å². The van der Waals surface area contributed by atoms with E-state index in [0.717, 1.165) is 3.58 Å². The van der Waals surface area contributed by atoms with Gasteiger partial charge in [-0.2, -0.15) is 0 Å². The Morgan fingerprint density at radius 1 is 1.00 bits per heavy atom. The monoisotopic (exact) mass is 386 g/mol. The third-order valence-electron chi connectivity index (χ3n) is 4.31. The van der Waals surface area contributed by atoms with Crippen molar-refractivity contribution in [1.82, 2.24) is 4.98 Å². The number of hydrogen-bond acceptors (Lipinski definition) is 1. The minimum atomic E-state index is -2.62. The van der Waals surface area contributed by atoms with Gasteiger partial charge < -0.3 is 0 Å². The SMILES string of the molecule is CCC[CH2][Sn]([CH2]CCC)([CH2]CCC)[c]1cc[c]nc1F. The summed E-state index contributed by atoms with van der Waals surface area (Å²) in [7, 11) is 0. The Hall–Kier alpha value is -0.121. The number of rotatable bonds is 10. The first-order valence-corrected chi connectivity index (χ1v) is 15.7. The Kier molecular flexibility index (Phi) is 8.74. The molecular weight excluding hydrogens is 356 g/mol. The molecule has 1 aromatic heterocycles. The maximum absolute atomic E-state index is 14.3. The van der Waals surface area contributed by atoms with Crippen molar-refractivity contribution in [2.24, 2.45) is 0 Å². The predicted molar refractivity (Wildman–Crippen MR) is 87.6 cm³/mol. The Balaban J connectivity index is 3.08. The van der Waals surface area contributed by atoms with E-state index < -0.39 is 18.4 Å². The van der Waals surface area contributed by atoms with E-state index in [4.69, 9.17) is 0 Å². The number of unbranched alkanes of at least 4 members (excludes halogenated alkanes) is 3. The Bertz CT molecular complexity index is 359. The second kappa shape index (κ2) is 9.75. The molecule has 0 bridgehead atoms. The Labute approximate surface area is 128 Å². The molecule has 0 saturated heterocycles. The first kappa shape index (κ1) is 17.9. The van der Waals surface area contributed by atoms with Gasteiger partial charge in [0.15, 0.2) is 0 Å². The van der Waals surface area contributed by atoms with Crippen molar-refractivity contribution in [3.05, 3.63) is 24.3 Å². The van der Waals surface area contributed by atoms with Crippen LogP contribution >= 0.6 is 0 Å². The molecule has 0 saturated carbocycles. The zero-order valence-corrected chi connectivity index (χ0v) is 16.2. The van der Waals surface area contributed by atoms with Crippen LogP contribution in [0.25, 0.3) is 0 Å². The molecule has 1 aromatic rings. The summed E-state index contributed by atoms with van der Waals surface area (Å²) in [6.07, 6.45) is 10.0. The van der Waals surface area contributed by atoms with E-state index >= 15 is 0 Å². The molecule has 3 heteroatoms. The van der Waals surface area contributed by atoms with Crippen LogP contribution in [0.3, 0.4) is 0 Å². The zero-order chi connectivity index (χ0) is 14.8. The van der Waals surface area contributed by atoms with Crippen LogP contribution in [0.4, 0.5) is 4.39 Å². The van der Waals surface area contributed by atoms with Gasteiger partial charge in [-0.15, -0.1) is 0 Å². The second-order valence-electron chi connectivity index (χ2n) is 5.87. The molecule has 113 valence electrons. The summed E-state index contributed by atoms with van der Waals surface area (Å²) in [5.74, 6) is -0.216. The first-order valence-electron chi connectivity index (χ1n) is 8.23. The van der Waals surface area contributed by atoms with E-state index in [1.807, 2.05) is 12.1 Å². The molecule has 0 unspecified atom stereocenters. The molecule has 1 radical (unpaired) electrons. The molecule has 0 atom stereocenters. The molecule has 0 aliphatic heterocycles. The second-order valence-corrected chi connectivity index (χ2v) is 19.0. The normalized spacial score (nSPS) is 11.8. The topological polar surface area (TPSA) is 12.9 Å². The van der Waals surface area contributed by atoms with Gasteiger partial charge in [-0.05, 0) is 0 Å². The van der Waals surface area contributed by atoms with E-state index in [0.29, 0.717) is 0 Å². The third-order valence-corrected chi connectivity index (χ3v) is 19.9. The fraction of sp³-hybridized carbons (Fsp3) is 0.706. The zero-order valence-electron chi connectivity index (χ0n) is 13.3. The van der Waals surface area contributed by atoms with E-state index in [2.05, 4.69) is 32.0 Å². The predicted octanol–water partition coefficient (Wildman–Crippen LogP) is 5.08. The summed E-state index contributed by atoms with van der Waals surface area (Å²) in [6, 6.07) is 3.81. The van der Waals surface area contributed by atoms with Crippen LogP contribution in [0.15, 0.2) is 12.1 Å². The summed E-state index contributed by atoms with van der Waals surface area (Å²) in [4.78, 5) is 3.83. The molecule has 0 aliphatic carbocycles. The fourth-order valence-electron chi connectivity index (χ4n) is 3.06. The molecular formula is C17H29FNSn. The summed E-state index contributed by atoms with van der Waals surface area (Å²) in [5, 5.41) is 0. The summed E-state index contributed by atoms with van der Waals surface area (Å²) in [6.45, 7) is 6.72. The molecule has 1 nitrogen and oxygen atoms in total. The summed E-state index contributed by atoms with van der Waals surface area (Å²) < 4.78 is 19.2. The molecule has 0 aliphatic rings. The van der Waals surface area contributed by atoms with Crippen molar-refractivity contribution >= 4 is 22.0 Å². The van der Waals surface area contributed by atoms with E-state index in [1.165, 1.54) is 51.8 Å². The van der Waals surface area contributed by atoms with Gasteiger partial charge in [0.1, 0.15) is 0 Å². The van der Waals surface area contributed by atoms with Gasteiger partial charge in [0.25, 0.3) is 0 Å². The van der Waals surface area contributed by atoms with Crippen LogP contribution in [0, 0.1) is 12.1 Å². The van der Waals surface area contributed by atoms with Gasteiger partial charge in [0, 0.05) is 0 Å². The van der Waals surface area contributed by atoms with Crippen molar-refractivity contribution in [2.45, 2.75) is 72.6 Å². The number of hydrogen-bond donors (Lipinski definition) is 0. The van der Waals surface area contributed by atoms with Gasteiger partial charge >= 0.3 is 128 Å². The molecule has 0 spiro atoms. The summed E-state index contributed by atoms with van der Waals surface area (Å²) in [5.41, 5.74) is 0. The van der Waals surface area contributed by atoms with Crippen LogP contribution in [-0.2, 0) is 0 Å². The van der Waals surface area contributed by atoms with Crippen molar-refractivity contribution < 1.29 is 4.39 Å². The number of nitrogens with zero attached hydrogens (tertiary/aromatic N) is 1. The van der Waals surface area contributed by atoms with Crippen LogP contribution < -0.4 is 3.58 Å². The molecule has 1 rings (SSSR count). The van der Waals surface area contributed by atoms with Crippen LogP contribution in [0.5, 0.6) is 0 Å². The third kappa shape index (κ3) is 5.01. The molecule has 1 heterocycles. The van der Waals surface area contributed by atoms with Crippen LogP contribution in [-0.4, -0.2) is 23.4 Å². The molecule has 0 N–H and O–H groups in total. The van der Waals surface area contributed by atoms with Gasteiger partial charge in [0.05, 0.1) is 0 Å². The first-order chi connectivity index (χ1) is 9.70. The van der Waals surface area contributed by atoms with E-state index in [-0.39, 0.29) is 5.95 Å². The van der Waals surface area contributed by atoms with Crippen LogP contribution in [0.1, 0.15) is 59.3 Å². The molecule has 20 heavy (non-hydrogen) atoms. The van der Waals surface area contributed by atoms with Gasteiger partial charge in [-0.1, -0.05) is 0 Å². The minimum absolute atomic E-state index is 0.216. The van der Waals surface area contributed by atoms with Crippen molar-refractivity contribution in [3.63, 3.8) is 0 Å². The van der Waals surface area contributed by atoms with Gasteiger partial charge in [0.2, 0.25) is 0 Å². The summed E-state index contributed by atoms with van der Waals surface area (Å²) >= 11 is -2.62. The quantitative estimate of drug-likeness (QED) is 0.405. The van der Waals surface area contributed by atoms with Crippen molar-refractivity contribution in [3.8, 4) is 0 Å². The van der Waals surface area contributed by atoms with E-state index in [1.54, 1.807) is 0 Å². The standard InChI is InChI=1S/C5H2FN.3C4H9.Sn/c6-5-3-1-2-4-7-5;3*1-3-4-2;/h1-2H;3*1,3-4H2,2H3;. The van der Waals surface area contributed by atoms with Crippen molar-refractivity contribution in [1.29, 1.82) is 0 Å². The average molecular weight is 385 g/mol. The maximum atomic E-state index is 14.3. The Morgan fingerprint density at radius 2 is 1.50 bits per heavy atom. The Morgan fingerprint density at radius 3 is 1.90 bits per heavy atom. The van der Waals surface area contributed by atoms with Crippen molar-refractivity contribution in [2.75, 3.05) is 0 Å². The molecule has 0 amide bonds. The number of pyridine rings is 1. The molecule has 0 aromatic carbocycles. The molecule has 0 fully saturated rings. The van der Waals surface area contributed by atoms with Gasteiger partial charge in [-0.3, -0.25) is 0 Å². The fourth-order valence-corrected chi connectivity index (χ4v) is 19.0. The number of halogens is 1.